The maximum absolute atomic E-state index is 12.1. The SMILES string of the molecule is O=C(CS(=O)c1ccc(Br)cc1)c1ccccc1Cl. The van der Waals surface area contributed by atoms with E-state index in [9.17, 15) is 9.00 Å². The molecule has 1 unspecified atom stereocenters. The predicted octanol–water partition coefficient (Wildman–Crippen LogP) is 4.09. The molecule has 2 aromatic rings. The van der Waals surface area contributed by atoms with E-state index in [-0.39, 0.29) is 11.5 Å². The van der Waals surface area contributed by atoms with E-state index in [1.165, 1.54) is 0 Å². The summed E-state index contributed by atoms with van der Waals surface area (Å²) in [4.78, 5) is 12.7. The molecule has 0 spiro atoms. The standard InChI is InChI=1S/C14H10BrClO2S/c15-10-5-7-11(8-6-10)19(18)9-14(17)12-3-1-2-4-13(12)16/h1-8H,9H2. The van der Waals surface area contributed by atoms with Crippen molar-refractivity contribution < 1.29 is 9.00 Å². The Morgan fingerprint density at radius 3 is 2.37 bits per heavy atom. The molecular weight excluding hydrogens is 348 g/mol. The minimum Gasteiger partial charge on any atom is -0.293 e. The van der Waals surface area contributed by atoms with Gasteiger partial charge in [-0.2, -0.15) is 0 Å². The number of carbonyl (C=O) groups excluding carboxylic acids is 1. The molecule has 0 aromatic heterocycles. The highest BCUT2D eigenvalue weighted by molar-refractivity contribution is 9.10. The first-order valence-corrected chi connectivity index (χ1v) is 7.98. The van der Waals surface area contributed by atoms with Crippen LogP contribution < -0.4 is 0 Å². The smallest absolute Gasteiger partial charge is 0.177 e. The van der Waals surface area contributed by atoms with Crippen molar-refractivity contribution >= 4 is 44.1 Å². The monoisotopic (exact) mass is 356 g/mol. The second-order valence-corrected chi connectivity index (χ2v) is 6.62. The third-order valence-electron chi connectivity index (χ3n) is 2.51. The van der Waals surface area contributed by atoms with Gasteiger partial charge in [-0.3, -0.25) is 9.00 Å². The van der Waals surface area contributed by atoms with Crippen molar-refractivity contribution in [2.24, 2.45) is 0 Å². The van der Waals surface area contributed by atoms with Crippen LogP contribution in [0.3, 0.4) is 0 Å². The van der Waals surface area contributed by atoms with E-state index >= 15 is 0 Å². The molecule has 0 aliphatic rings. The average Bonchev–Trinajstić information content (AvgIpc) is 2.39. The fourth-order valence-electron chi connectivity index (χ4n) is 1.55. The molecule has 0 saturated carbocycles. The molecule has 0 saturated heterocycles. The van der Waals surface area contributed by atoms with E-state index in [1.54, 1.807) is 48.5 Å². The lowest BCUT2D eigenvalue weighted by Gasteiger charge is -2.04. The summed E-state index contributed by atoms with van der Waals surface area (Å²) in [5.41, 5.74) is 0.412. The lowest BCUT2D eigenvalue weighted by molar-refractivity contribution is 0.102. The molecule has 98 valence electrons. The number of halogens is 2. The largest absolute Gasteiger partial charge is 0.293 e. The highest BCUT2D eigenvalue weighted by Gasteiger charge is 2.14. The van der Waals surface area contributed by atoms with Crippen molar-refractivity contribution in [3.63, 3.8) is 0 Å². The van der Waals surface area contributed by atoms with Crippen molar-refractivity contribution in [1.82, 2.24) is 0 Å². The van der Waals surface area contributed by atoms with Crippen LogP contribution in [-0.4, -0.2) is 15.7 Å². The summed E-state index contributed by atoms with van der Waals surface area (Å²) in [6.07, 6.45) is 0. The average molecular weight is 358 g/mol. The molecule has 5 heteroatoms. The van der Waals surface area contributed by atoms with E-state index in [4.69, 9.17) is 11.6 Å². The predicted molar refractivity (Wildman–Crippen MR) is 81.2 cm³/mol. The van der Waals surface area contributed by atoms with E-state index in [2.05, 4.69) is 15.9 Å². The van der Waals surface area contributed by atoms with Gasteiger partial charge in [-0.05, 0) is 36.4 Å². The van der Waals surface area contributed by atoms with Crippen molar-refractivity contribution in [1.29, 1.82) is 0 Å². The second kappa shape index (κ2) is 6.46. The van der Waals surface area contributed by atoms with Crippen LogP contribution in [0.5, 0.6) is 0 Å². The molecule has 0 amide bonds. The maximum Gasteiger partial charge on any atom is 0.177 e. The topological polar surface area (TPSA) is 34.1 Å². The van der Waals surface area contributed by atoms with Gasteiger partial charge >= 0.3 is 0 Å². The molecule has 0 bridgehead atoms. The molecule has 2 nitrogen and oxygen atoms in total. The summed E-state index contributed by atoms with van der Waals surface area (Å²) < 4.78 is 13.0. The molecule has 0 N–H and O–H groups in total. The van der Waals surface area contributed by atoms with Gasteiger partial charge in [-0.15, -0.1) is 0 Å². The molecule has 0 radical (unpaired) electrons. The third kappa shape index (κ3) is 3.75. The lowest BCUT2D eigenvalue weighted by atomic mass is 10.1. The maximum atomic E-state index is 12.1. The highest BCUT2D eigenvalue weighted by Crippen LogP contribution is 2.18. The molecular formula is C14H10BrClO2S. The summed E-state index contributed by atoms with van der Waals surface area (Å²) in [6.45, 7) is 0. The molecule has 0 aliphatic carbocycles. The zero-order chi connectivity index (χ0) is 13.8. The minimum absolute atomic E-state index is 0.0641. The lowest BCUT2D eigenvalue weighted by Crippen LogP contribution is -2.11. The van der Waals surface area contributed by atoms with Gasteiger partial charge in [0.1, 0.15) is 0 Å². The number of carbonyl (C=O) groups is 1. The van der Waals surface area contributed by atoms with Gasteiger partial charge in [0.05, 0.1) is 21.6 Å². The Morgan fingerprint density at radius 1 is 1.11 bits per heavy atom. The van der Waals surface area contributed by atoms with Crippen LogP contribution in [-0.2, 0) is 10.8 Å². The van der Waals surface area contributed by atoms with Crippen molar-refractivity contribution in [3.05, 3.63) is 63.6 Å². The van der Waals surface area contributed by atoms with Crippen LogP contribution in [0.15, 0.2) is 57.9 Å². The van der Waals surface area contributed by atoms with Crippen LogP contribution in [0.1, 0.15) is 10.4 Å². The first-order chi connectivity index (χ1) is 9.08. The Labute approximate surface area is 127 Å². The molecule has 0 heterocycles. The summed E-state index contributed by atoms with van der Waals surface area (Å²) >= 11 is 9.25. The Morgan fingerprint density at radius 2 is 1.74 bits per heavy atom. The van der Waals surface area contributed by atoms with Gasteiger partial charge in [0.25, 0.3) is 0 Å². The van der Waals surface area contributed by atoms with Crippen LogP contribution in [0.25, 0.3) is 0 Å². The Kier molecular flexibility index (Phi) is 4.91. The van der Waals surface area contributed by atoms with E-state index in [0.717, 1.165) is 4.47 Å². The van der Waals surface area contributed by atoms with Crippen LogP contribution >= 0.6 is 27.5 Å². The van der Waals surface area contributed by atoms with Gasteiger partial charge in [-0.25, -0.2) is 0 Å². The van der Waals surface area contributed by atoms with Gasteiger partial charge in [-0.1, -0.05) is 39.7 Å². The number of hydrogen-bond donors (Lipinski definition) is 0. The van der Waals surface area contributed by atoms with E-state index in [0.29, 0.717) is 15.5 Å². The fourth-order valence-corrected chi connectivity index (χ4v) is 3.06. The number of ketones is 1. The molecule has 2 aromatic carbocycles. The zero-order valence-corrected chi connectivity index (χ0v) is 13.0. The third-order valence-corrected chi connectivity index (χ3v) is 4.69. The van der Waals surface area contributed by atoms with Crippen molar-refractivity contribution in [2.45, 2.75) is 4.90 Å². The van der Waals surface area contributed by atoms with Crippen molar-refractivity contribution in [2.75, 3.05) is 5.75 Å². The zero-order valence-electron chi connectivity index (χ0n) is 9.81. The fraction of sp³-hybridized carbons (Fsp3) is 0.0714. The quantitative estimate of drug-likeness (QED) is 0.772. The van der Waals surface area contributed by atoms with Gasteiger partial charge in [0.15, 0.2) is 5.78 Å². The molecule has 19 heavy (non-hydrogen) atoms. The summed E-state index contributed by atoms with van der Waals surface area (Å²) in [6, 6.07) is 13.9. The van der Waals surface area contributed by atoms with E-state index in [1.807, 2.05) is 0 Å². The Balaban J connectivity index is 2.13. The van der Waals surface area contributed by atoms with Crippen LogP contribution in [0, 0.1) is 0 Å². The van der Waals surface area contributed by atoms with E-state index < -0.39 is 10.8 Å². The first-order valence-electron chi connectivity index (χ1n) is 5.49. The first kappa shape index (κ1) is 14.4. The highest BCUT2D eigenvalue weighted by atomic mass is 79.9. The molecule has 0 aliphatic heterocycles. The minimum atomic E-state index is -1.36. The normalized spacial score (nSPS) is 12.1. The number of Topliss-reactive ketones (excluding diaryl/α,β-unsaturated/α-hetero) is 1. The van der Waals surface area contributed by atoms with Gasteiger partial charge in [0, 0.05) is 14.9 Å². The van der Waals surface area contributed by atoms with Crippen molar-refractivity contribution in [3.8, 4) is 0 Å². The number of rotatable bonds is 4. The van der Waals surface area contributed by atoms with Gasteiger partial charge in [0.2, 0.25) is 0 Å². The second-order valence-electron chi connectivity index (χ2n) is 3.85. The number of hydrogen-bond acceptors (Lipinski definition) is 2. The molecule has 1 atom stereocenters. The summed E-state index contributed by atoms with van der Waals surface area (Å²) in [5.74, 6) is -0.280. The Bertz CT molecular complexity index is 626. The van der Waals surface area contributed by atoms with Gasteiger partial charge < -0.3 is 0 Å². The molecule has 2 rings (SSSR count). The Hall–Kier alpha value is -0.970. The summed E-state index contributed by atoms with van der Waals surface area (Å²) in [7, 11) is -1.36. The summed E-state index contributed by atoms with van der Waals surface area (Å²) in [5, 5.41) is 0.389. The van der Waals surface area contributed by atoms with Crippen LogP contribution in [0.4, 0.5) is 0 Å². The number of benzene rings is 2. The van der Waals surface area contributed by atoms with Crippen LogP contribution in [0.2, 0.25) is 5.02 Å². The molecule has 0 fully saturated rings.